The van der Waals surface area contributed by atoms with Crippen molar-refractivity contribution in [2.45, 2.75) is 56.8 Å². The van der Waals surface area contributed by atoms with Gasteiger partial charge in [0.25, 0.3) is 0 Å². The minimum Gasteiger partial charge on any atom is -0.481 e. The molecule has 1 aliphatic rings. The van der Waals surface area contributed by atoms with Crippen LogP contribution >= 0.6 is 0 Å². The lowest BCUT2D eigenvalue weighted by molar-refractivity contribution is -0.149. The molecule has 11 nitrogen and oxygen atoms in total. The van der Waals surface area contributed by atoms with Crippen molar-refractivity contribution in [2.75, 3.05) is 6.54 Å². The number of carboxylic acids is 2. The summed E-state index contributed by atoms with van der Waals surface area (Å²) in [6.07, 6.45) is 0.174. The van der Waals surface area contributed by atoms with Crippen molar-refractivity contribution in [2.24, 2.45) is 5.73 Å². The number of nitrogens with two attached hydrogens (primary N) is 1. The van der Waals surface area contributed by atoms with Gasteiger partial charge in [0.05, 0.1) is 12.5 Å². The average Bonchev–Trinajstić information content (AvgIpc) is 3.22. The number of aliphatic carboxylic acids is 2. The first-order chi connectivity index (χ1) is 15.1. The number of nitrogens with one attached hydrogen (secondary N) is 2. The summed E-state index contributed by atoms with van der Waals surface area (Å²) in [5.41, 5.74) is 6.20. The van der Waals surface area contributed by atoms with Gasteiger partial charge in [-0.3, -0.25) is 19.2 Å². The molecule has 32 heavy (non-hydrogen) atoms. The molecule has 1 saturated heterocycles. The van der Waals surface area contributed by atoms with E-state index < -0.39 is 60.2 Å². The van der Waals surface area contributed by atoms with Gasteiger partial charge in [0.15, 0.2) is 0 Å². The van der Waals surface area contributed by atoms with Gasteiger partial charge in [-0.1, -0.05) is 30.3 Å². The summed E-state index contributed by atoms with van der Waals surface area (Å²) in [4.78, 5) is 61.9. The van der Waals surface area contributed by atoms with Crippen LogP contribution in [0.3, 0.4) is 0 Å². The van der Waals surface area contributed by atoms with E-state index in [0.717, 1.165) is 0 Å². The number of hydrogen-bond donors (Lipinski definition) is 5. The number of carboxylic acid groups (broad SMARTS) is 2. The zero-order valence-electron chi connectivity index (χ0n) is 17.7. The molecule has 3 amide bonds. The van der Waals surface area contributed by atoms with Crippen LogP contribution in [0.1, 0.15) is 31.7 Å². The van der Waals surface area contributed by atoms with Crippen molar-refractivity contribution in [3.8, 4) is 0 Å². The van der Waals surface area contributed by atoms with Gasteiger partial charge < -0.3 is 31.5 Å². The average molecular weight is 448 g/mol. The molecular formula is C21H28N4O7. The molecule has 0 radical (unpaired) electrons. The summed E-state index contributed by atoms with van der Waals surface area (Å²) >= 11 is 0. The van der Waals surface area contributed by atoms with Gasteiger partial charge in [-0.05, 0) is 25.3 Å². The maximum Gasteiger partial charge on any atom is 0.326 e. The molecule has 0 saturated carbocycles. The Labute approximate surface area is 184 Å². The standard InChI is InChI=1S/C21H28N4O7/c1-12(22)18(28)23-14(11-17(26)27)19(29)24-15(10-13-6-3-2-4-7-13)20(30)25-9-5-8-16(25)21(31)32/h2-4,6-7,12,14-16H,5,8-11,22H2,1H3,(H,23,28)(H,24,29)(H,26,27)(H,31,32). The van der Waals surface area contributed by atoms with Crippen molar-refractivity contribution in [1.82, 2.24) is 15.5 Å². The van der Waals surface area contributed by atoms with Crippen LogP contribution in [0.5, 0.6) is 0 Å². The van der Waals surface area contributed by atoms with Crippen LogP contribution < -0.4 is 16.4 Å². The molecule has 1 aliphatic heterocycles. The maximum atomic E-state index is 13.2. The van der Waals surface area contributed by atoms with Gasteiger partial charge >= 0.3 is 11.9 Å². The Balaban J connectivity index is 2.26. The Morgan fingerprint density at radius 3 is 2.25 bits per heavy atom. The minimum absolute atomic E-state index is 0.0648. The third-order valence-corrected chi connectivity index (χ3v) is 5.14. The predicted octanol–water partition coefficient (Wildman–Crippen LogP) is -0.904. The second-order valence-corrected chi connectivity index (χ2v) is 7.73. The van der Waals surface area contributed by atoms with Gasteiger partial charge in [-0.2, -0.15) is 0 Å². The quantitative estimate of drug-likeness (QED) is 0.305. The SMILES string of the molecule is CC(N)C(=O)NC(CC(=O)O)C(=O)NC(Cc1ccccc1)C(=O)N1CCCC1C(=O)O. The molecule has 2 rings (SSSR count). The van der Waals surface area contributed by atoms with E-state index >= 15 is 0 Å². The number of rotatable bonds is 10. The second kappa shape index (κ2) is 11.2. The highest BCUT2D eigenvalue weighted by atomic mass is 16.4. The number of amides is 3. The van der Waals surface area contributed by atoms with Gasteiger partial charge in [-0.25, -0.2) is 4.79 Å². The number of likely N-dealkylation sites (tertiary alicyclic amines) is 1. The molecule has 1 aromatic carbocycles. The summed E-state index contributed by atoms with van der Waals surface area (Å²) in [7, 11) is 0. The van der Waals surface area contributed by atoms with Gasteiger partial charge in [0, 0.05) is 13.0 Å². The van der Waals surface area contributed by atoms with Crippen LogP contribution in [0.4, 0.5) is 0 Å². The van der Waals surface area contributed by atoms with Crippen molar-refractivity contribution in [3.63, 3.8) is 0 Å². The fourth-order valence-electron chi connectivity index (χ4n) is 3.50. The van der Waals surface area contributed by atoms with Crippen LogP contribution in [0, 0.1) is 0 Å². The van der Waals surface area contributed by atoms with Crippen LogP contribution in [-0.2, 0) is 30.4 Å². The highest BCUT2D eigenvalue weighted by Crippen LogP contribution is 2.20. The van der Waals surface area contributed by atoms with E-state index in [0.29, 0.717) is 18.4 Å². The molecule has 1 fully saturated rings. The first-order valence-electron chi connectivity index (χ1n) is 10.3. The molecule has 4 unspecified atom stereocenters. The first-order valence-corrected chi connectivity index (χ1v) is 10.3. The molecule has 174 valence electrons. The summed E-state index contributed by atoms with van der Waals surface area (Å²) in [6.45, 7) is 1.61. The van der Waals surface area contributed by atoms with Gasteiger partial charge in [-0.15, -0.1) is 0 Å². The molecule has 0 spiro atoms. The molecule has 0 aliphatic carbocycles. The molecule has 4 atom stereocenters. The Morgan fingerprint density at radius 2 is 1.69 bits per heavy atom. The van der Waals surface area contributed by atoms with Crippen LogP contribution in [0.15, 0.2) is 30.3 Å². The van der Waals surface area contributed by atoms with Gasteiger partial charge in [0.2, 0.25) is 17.7 Å². The third-order valence-electron chi connectivity index (χ3n) is 5.14. The fourth-order valence-corrected chi connectivity index (χ4v) is 3.50. The second-order valence-electron chi connectivity index (χ2n) is 7.73. The molecule has 0 aromatic heterocycles. The van der Waals surface area contributed by atoms with Crippen LogP contribution in [-0.4, -0.2) is 75.5 Å². The lowest BCUT2D eigenvalue weighted by Crippen LogP contribution is -2.57. The Hall–Kier alpha value is -3.47. The zero-order chi connectivity index (χ0) is 23.8. The monoisotopic (exact) mass is 448 g/mol. The van der Waals surface area contributed by atoms with Crippen molar-refractivity contribution >= 4 is 29.7 Å². The number of carbonyl (C=O) groups is 5. The highest BCUT2D eigenvalue weighted by Gasteiger charge is 2.38. The van der Waals surface area contributed by atoms with Gasteiger partial charge in [0.1, 0.15) is 18.1 Å². The highest BCUT2D eigenvalue weighted by molar-refractivity contribution is 5.95. The number of benzene rings is 1. The fraction of sp³-hybridized carbons (Fsp3) is 0.476. The molecule has 1 aromatic rings. The third kappa shape index (κ3) is 6.77. The summed E-state index contributed by atoms with van der Waals surface area (Å²) in [5, 5.41) is 23.3. The first kappa shape index (κ1) is 24.8. The maximum absolute atomic E-state index is 13.2. The number of carbonyl (C=O) groups excluding carboxylic acids is 3. The number of nitrogens with zero attached hydrogens (tertiary/aromatic N) is 1. The molecular weight excluding hydrogens is 420 g/mol. The normalized spacial score (nSPS) is 18.3. The van der Waals surface area contributed by atoms with Crippen molar-refractivity contribution in [1.29, 1.82) is 0 Å². The van der Waals surface area contributed by atoms with E-state index in [1.54, 1.807) is 30.3 Å². The summed E-state index contributed by atoms with van der Waals surface area (Å²) < 4.78 is 0. The molecule has 11 heteroatoms. The Morgan fingerprint density at radius 1 is 1.06 bits per heavy atom. The molecule has 6 N–H and O–H groups in total. The Bertz CT molecular complexity index is 859. The van der Waals surface area contributed by atoms with Crippen molar-refractivity contribution < 1.29 is 34.2 Å². The topological polar surface area (TPSA) is 179 Å². The molecule has 1 heterocycles. The van der Waals surface area contributed by atoms with E-state index in [-0.39, 0.29) is 13.0 Å². The van der Waals surface area contributed by atoms with E-state index in [2.05, 4.69) is 10.6 Å². The summed E-state index contributed by atoms with van der Waals surface area (Å²) in [6, 6.07) is 4.23. The lowest BCUT2D eigenvalue weighted by Gasteiger charge is -2.28. The van der Waals surface area contributed by atoms with Crippen LogP contribution in [0.25, 0.3) is 0 Å². The minimum atomic E-state index is -1.45. The summed E-state index contributed by atoms with van der Waals surface area (Å²) in [5.74, 6) is -4.63. The molecule has 0 bridgehead atoms. The van der Waals surface area contributed by atoms with Crippen molar-refractivity contribution in [3.05, 3.63) is 35.9 Å². The van der Waals surface area contributed by atoms with Crippen LogP contribution in [0.2, 0.25) is 0 Å². The smallest absolute Gasteiger partial charge is 0.326 e. The van der Waals surface area contributed by atoms with E-state index in [4.69, 9.17) is 10.8 Å². The largest absolute Gasteiger partial charge is 0.481 e. The van der Waals surface area contributed by atoms with E-state index in [9.17, 15) is 29.1 Å². The predicted molar refractivity (Wildman–Crippen MR) is 112 cm³/mol. The zero-order valence-corrected chi connectivity index (χ0v) is 17.7. The Kier molecular flexibility index (Phi) is 8.71. The lowest BCUT2D eigenvalue weighted by atomic mass is 10.0. The van der Waals surface area contributed by atoms with E-state index in [1.807, 2.05) is 0 Å². The number of hydrogen-bond acceptors (Lipinski definition) is 6. The van der Waals surface area contributed by atoms with E-state index in [1.165, 1.54) is 11.8 Å².